The van der Waals surface area contributed by atoms with E-state index < -0.39 is 0 Å². The standard InChI is InChI=1S/C17H27NO2/c1-4-13-7-8-14(11-13)18-15-9-10-16(19-5-2)17(12-15)20-6-3/h9-10,12-14,18H,4-8,11H2,1-3H3. The van der Waals surface area contributed by atoms with Crippen LogP contribution in [0.15, 0.2) is 18.2 Å². The van der Waals surface area contributed by atoms with Gasteiger partial charge in [-0.25, -0.2) is 0 Å². The van der Waals surface area contributed by atoms with E-state index in [0.29, 0.717) is 19.3 Å². The SMILES string of the molecule is CCOc1ccc(NC2CCC(CC)C2)cc1OCC. The Hall–Kier alpha value is -1.38. The van der Waals surface area contributed by atoms with Gasteiger partial charge in [-0.3, -0.25) is 0 Å². The van der Waals surface area contributed by atoms with Crippen molar-refractivity contribution in [1.82, 2.24) is 0 Å². The molecule has 0 aliphatic heterocycles. The van der Waals surface area contributed by atoms with Crippen LogP contribution in [0.2, 0.25) is 0 Å². The Morgan fingerprint density at radius 2 is 1.80 bits per heavy atom. The second kappa shape index (κ2) is 7.41. The molecule has 2 rings (SSSR count). The first-order valence-electron chi connectivity index (χ1n) is 7.92. The second-order valence-corrected chi connectivity index (χ2v) is 5.46. The van der Waals surface area contributed by atoms with E-state index in [4.69, 9.17) is 9.47 Å². The summed E-state index contributed by atoms with van der Waals surface area (Å²) >= 11 is 0. The van der Waals surface area contributed by atoms with Crippen molar-refractivity contribution in [1.29, 1.82) is 0 Å². The van der Waals surface area contributed by atoms with Crippen LogP contribution in [0.5, 0.6) is 11.5 Å². The minimum absolute atomic E-state index is 0.604. The van der Waals surface area contributed by atoms with Crippen molar-refractivity contribution in [2.75, 3.05) is 18.5 Å². The molecule has 1 aromatic carbocycles. The highest BCUT2D eigenvalue weighted by Crippen LogP contribution is 2.34. The molecule has 3 heteroatoms. The first-order valence-corrected chi connectivity index (χ1v) is 7.92. The topological polar surface area (TPSA) is 30.5 Å². The van der Waals surface area contributed by atoms with Gasteiger partial charge in [-0.1, -0.05) is 13.3 Å². The minimum Gasteiger partial charge on any atom is -0.490 e. The fourth-order valence-corrected chi connectivity index (χ4v) is 2.95. The lowest BCUT2D eigenvalue weighted by atomic mass is 10.1. The highest BCUT2D eigenvalue weighted by atomic mass is 16.5. The van der Waals surface area contributed by atoms with Crippen molar-refractivity contribution >= 4 is 5.69 Å². The predicted octanol–water partition coefficient (Wildman–Crippen LogP) is 4.47. The molecule has 1 N–H and O–H groups in total. The molecule has 2 atom stereocenters. The van der Waals surface area contributed by atoms with E-state index in [1.54, 1.807) is 0 Å². The van der Waals surface area contributed by atoms with E-state index >= 15 is 0 Å². The van der Waals surface area contributed by atoms with Gasteiger partial charge < -0.3 is 14.8 Å². The predicted molar refractivity (Wildman–Crippen MR) is 83.8 cm³/mol. The average molecular weight is 277 g/mol. The Bertz CT molecular complexity index is 419. The van der Waals surface area contributed by atoms with Gasteiger partial charge in [0.05, 0.1) is 13.2 Å². The Morgan fingerprint density at radius 3 is 2.45 bits per heavy atom. The molecule has 0 heterocycles. The molecule has 0 amide bonds. The summed E-state index contributed by atoms with van der Waals surface area (Å²) in [7, 11) is 0. The van der Waals surface area contributed by atoms with Gasteiger partial charge in [-0.05, 0) is 51.2 Å². The fourth-order valence-electron chi connectivity index (χ4n) is 2.95. The van der Waals surface area contributed by atoms with Gasteiger partial charge in [-0.2, -0.15) is 0 Å². The van der Waals surface area contributed by atoms with Crippen molar-refractivity contribution in [2.45, 2.75) is 52.5 Å². The van der Waals surface area contributed by atoms with Crippen LogP contribution in [0.1, 0.15) is 46.5 Å². The quantitative estimate of drug-likeness (QED) is 0.797. The molecule has 112 valence electrons. The Kier molecular flexibility index (Phi) is 5.57. The first-order chi connectivity index (χ1) is 9.76. The van der Waals surface area contributed by atoms with Crippen LogP contribution in [-0.4, -0.2) is 19.3 Å². The third kappa shape index (κ3) is 3.81. The summed E-state index contributed by atoms with van der Waals surface area (Å²) in [5, 5.41) is 3.64. The smallest absolute Gasteiger partial charge is 0.163 e. The highest BCUT2D eigenvalue weighted by Gasteiger charge is 2.23. The monoisotopic (exact) mass is 277 g/mol. The zero-order valence-corrected chi connectivity index (χ0v) is 12.9. The van der Waals surface area contributed by atoms with Crippen LogP contribution in [0.3, 0.4) is 0 Å². The van der Waals surface area contributed by atoms with E-state index in [9.17, 15) is 0 Å². The van der Waals surface area contributed by atoms with Crippen molar-refractivity contribution < 1.29 is 9.47 Å². The normalized spacial score (nSPS) is 21.8. The summed E-state index contributed by atoms with van der Waals surface area (Å²) in [4.78, 5) is 0. The number of benzene rings is 1. The molecule has 1 aliphatic rings. The first kappa shape index (κ1) is 15.0. The summed E-state index contributed by atoms with van der Waals surface area (Å²) in [5.41, 5.74) is 1.14. The molecule has 1 fully saturated rings. The number of ether oxygens (including phenoxy) is 2. The Labute approximate surface area is 122 Å². The highest BCUT2D eigenvalue weighted by molar-refractivity contribution is 5.55. The molecule has 1 aliphatic carbocycles. The molecule has 0 bridgehead atoms. The van der Waals surface area contributed by atoms with Crippen molar-refractivity contribution in [3.63, 3.8) is 0 Å². The summed E-state index contributed by atoms with van der Waals surface area (Å²) in [6, 6.07) is 6.76. The van der Waals surface area contributed by atoms with E-state index in [0.717, 1.165) is 23.1 Å². The average Bonchev–Trinajstić information content (AvgIpc) is 2.90. The van der Waals surface area contributed by atoms with Crippen LogP contribution in [0.4, 0.5) is 5.69 Å². The largest absolute Gasteiger partial charge is 0.490 e. The van der Waals surface area contributed by atoms with Crippen LogP contribution in [0.25, 0.3) is 0 Å². The van der Waals surface area contributed by atoms with E-state index in [2.05, 4.69) is 24.4 Å². The van der Waals surface area contributed by atoms with Crippen molar-refractivity contribution in [3.8, 4) is 11.5 Å². The maximum Gasteiger partial charge on any atom is 0.163 e. The number of hydrogen-bond acceptors (Lipinski definition) is 3. The van der Waals surface area contributed by atoms with Gasteiger partial charge in [0, 0.05) is 17.8 Å². The maximum absolute atomic E-state index is 5.67. The third-order valence-electron chi connectivity index (χ3n) is 4.03. The Balaban J connectivity index is 2.03. The Morgan fingerprint density at radius 1 is 1.05 bits per heavy atom. The lowest BCUT2D eigenvalue weighted by molar-refractivity contribution is 0.288. The van der Waals surface area contributed by atoms with Crippen LogP contribution >= 0.6 is 0 Å². The van der Waals surface area contributed by atoms with Crippen molar-refractivity contribution in [3.05, 3.63) is 18.2 Å². The molecule has 1 saturated carbocycles. The molecule has 1 aromatic rings. The molecule has 20 heavy (non-hydrogen) atoms. The second-order valence-electron chi connectivity index (χ2n) is 5.46. The van der Waals surface area contributed by atoms with Gasteiger partial charge in [-0.15, -0.1) is 0 Å². The van der Waals surface area contributed by atoms with E-state index in [1.165, 1.54) is 25.7 Å². The summed E-state index contributed by atoms with van der Waals surface area (Å²) in [5.74, 6) is 2.56. The zero-order valence-electron chi connectivity index (χ0n) is 12.9. The van der Waals surface area contributed by atoms with Gasteiger partial charge in [0.1, 0.15) is 0 Å². The fraction of sp³-hybridized carbons (Fsp3) is 0.647. The molecule has 0 radical (unpaired) electrons. The number of hydrogen-bond donors (Lipinski definition) is 1. The zero-order chi connectivity index (χ0) is 14.4. The van der Waals surface area contributed by atoms with Gasteiger partial charge in [0.15, 0.2) is 11.5 Å². The number of nitrogens with one attached hydrogen (secondary N) is 1. The summed E-state index contributed by atoms with van der Waals surface area (Å²) in [6.45, 7) is 7.60. The molecule has 0 saturated heterocycles. The molecular formula is C17H27NO2. The lowest BCUT2D eigenvalue weighted by Gasteiger charge is -2.17. The van der Waals surface area contributed by atoms with E-state index in [-0.39, 0.29) is 0 Å². The lowest BCUT2D eigenvalue weighted by Crippen LogP contribution is -2.15. The van der Waals surface area contributed by atoms with Crippen LogP contribution in [0, 0.1) is 5.92 Å². The summed E-state index contributed by atoms with van der Waals surface area (Å²) in [6.07, 6.45) is 5.21. The summed E-state index contributed by atoms with van der Waals surface area (Å²) < 4.78 is 11.3. The molecule has 0 spiro atoms. The van der Waals surface area contributed by atoms with Crippen molar-refractivity contribution in [2.24, 2.45) is 5.92 Å². The third-order valence-corrected chi connectivity index (χ3v) is 4.03. The molecule has 0 aromatic heterocycles. The van der Waals surface area contributed by atoms with E-state index in [1.807, 2.05) is 19.9 Å². The molecule has 2 unspecified atom stereocenters. The van der Waals surface area contributed by atoms with Crippen LogP contribution in [-0.2, 0) is 0 Å². The van der Waals surface area contributed by atoms with Crippen LogP contribution < -0.4 is 14.8 Å². The number of anilines is 1. The van der Waals surface area contributed by atoms with Gasteiger partial charge in [0.25, 0.3) is 0 Å². The minimum atomic E-state index is 0.604. The van der Waals surface area contributed by atoms with Gasteiger partial charge >= 0.3 is 0 Å². The number of rotatable bonds is 7. The maximum atomic E-state index is 5.67. The van der Waals surface area contributed by atoms with Gasteiger partial charge in [0.2, 0.25) is 0 Å². The molecule has 3 nitrogen and oxygen atoms in total. The molecular weight excluding hydrogens is 250 g/mol.